The largest absolute Gasteiger partial charge is 0.338 e. The Balaban J connectivity index is 1.16. The fourth-order valence-corrected chi connectivity index (χ4v) is 5.43. The molecule has 1 saturated heterocycles. The number of hydrogen-bond acceptors (Lipinski definition) is 6. The van der Waals surface area contributed by atoms with Crippen molar-refractivity contribution in [2.24, 2.45) is 5.41 Å². The average molecular weight is 405 g/mol. The van der Waals surface area contributed by atoms with Crippen LogP contribution in [-0.4, -0.2) is 57.1 Å². The Morgan fingerprint density at radius 2 is 1.83 bits per heavy atom. The Morgan fingerprint density at radius 1 is 1.03 bits per heavy atom. The minimum atomic E-state index is 0.0989. The van der Waals surface area contributed by atoms with E-state index >= 15 is 0 Å². The lowest BCUT2D eigenvalue weighted by Crippen LogP contribution is -2.50. The summed E-state index contributed by atoms with van der Waals surface area (Å²) in [6.07, 6.45) is 13.7. The molecule has 0 radical (unpaired) electrons. The van der Waals surface area contributed by atoms with Crippen LogP contribution < -0.4 is 10.5 Å². The zero-order valence-electron chi connectivity index (χ0n) is 17.3. The van der Waals surface area contributed by atoms with E-state index in [-0.39, 0.29) is 5.56 Å². The second kappa shape index (κ2) is 7.01. The first-order valence-corrected chi connectivity index (χ1v) is 11.3. The third kappa shape index (κ3) is 3.25. The average Bonchev–Trinajstić information content (AvgIpc) is 3.35. The highest BCUT2D eigenvalue weighted by molar-refractivity contribution is 5.63. The summed E-state index contributed by atoms with van der Waals surface area (Å²) in [5, 5.41) is 0. The standard InChI is InChI=1S/C23H28N6O/c30-21-18-15-23(6-7-23)5-4-19(18)26-20(27-21)16-2-3-17(14-16)28-10-12-29(13-11-28)22-24-8-1-9-25-22/h1,8-9,14,17H,2-7,10-13,15H2,(H,26,27,30)/t17-/m1/s1. The molecule has 2 fully saturated rings. The van der Waals surface area contributed by atoms with Crippen molar-refractivity contribution < 1.29 is 0 Å². The minimum absolute atomic E-state index is 0.0989. The van der Waals surface area contributed by atoms with E-state index in [1.807, 2.05) is 6.07 Å². The van der Waals surface area contributed by atoms with Gasteiger partial charge >= 0.3 is 0 Å². The summed E-state index contributed by atoms with van der Waals surface area (Å²) in [6.45, 7) is 3.89. The molecule has 30 heavy (non-hydrogen) atoms. The van der Waals surface area contributed by atoms with Gasteiger partial charge in [-0.25, -0.2) is 15.0 Å². The molecule has 3 aliphatic carbocycles. The van der Waals surface area contributed by atoms with E-state index in [1.165, 1.54) is 24.8 Å². The number of nitrogens with zero attached hydrogens (tertiary/aromatic N) is 5. The van der Waals surface area contributed by atoms with Crippen molar-refractivity contribution in [1.82, 2.24) is 24.8 Å². The summed E-state index contributed by atoms with van der Waals surface area (Å²) < 4.78 is 0. The first kappa shape index (κ1) is 18.2. The highest BCUT2D eigenvalue weighted by atomic mass is 16.1. The number of hydrogen-bond donors (Lipinski definition) is 1. The molecule has 1 atom stereocenters. The topological polar surface area (TPSA) is 78.0 Å². The first-order valence-electron chi connectivity index (χ1n) is 11.3. The summed E-state index contributed by atoms with van der Waals surface area (Å²) in [6, 6.07) is 2.28. The molecule has 7 heteroatoms. The summed E-state index contributed by atoms with van der Waals surface area (Å²) >= 11 is 0. The van der Waals surface area contributed by atoms with Gasteiger partial charge in [0.1, 0.15) is 5.82 Å². The molecule has 0 bridgehead atoms. The molecule has 2 aromatic rings. The van der Waals surface area contributed by atoms with Gasteiger partial charge in [-0.05, 0) is 62.0 Å². The smallest absolute Gasteiger partial charge is 0.254 e. The van der Waals surface area contributed by atoms with E-state index in [0.29, 0.717) is 11.5 Å². The molecule has 0 aromatic carbocycles. The molecule has 1 N–H and O–H groups in total. The molecular weight excluding hydrogens is 376 g/mol. The molecule has 1 aliphatic heterocycles. The van der Waals surface area contributed by atoms with E-state index in [2.05, 4.69) is 30.8 Å². The Labute approximate surface area is 176 Å². The predicted molar refractivity (Wildman–Crippen MR) is 115 cm³/mol. The Hall–Kier alpha value is -2.54. The number of fused-ring (bicyclic) bond motifs is 1. The van der Waals surface area contributed by atoms with Crippen molar-refractivity contribution in [3.8, 4) is 0 Å². The molecule has 1 saturated carbocycles. The van der Waals surface area contributed by atoms with Crippen LogP contribution >= 0.6 is 0 Å². The number of aromatic amines is 1. The van der Waals surface area contributed by atoms with E-state index in [1.54, 1.807) is 12.4 Å². The molecule has 2 aromatic heterocycles. The number of aromatic nitrogens is 4. The number of nitrogens with one attached hydrogen (secondary N) is 1. The van der Waals surface area contributed by atoms with Crippen LogP contribution in [0.15, 0.2) is 29.3 Å². The molecule has 3 heterocycles. The molecule has 156 valence electrons. The highest BCUT2D eigenvalue weighted by Crippen LogP contribution is 2.53. The fraction of sp³-hybridized carbons (Fsp3) is 0.565. The normalized spacial score (nSPS) is 25.3. The zero-order valence-corrected chi connectivity index (χ0v) is 17.3. The minimum Gasteiger partial charge on any atom is -0.338 e. The number of H-pyrrole nitrogens is 1. The van der Waals surface area contributed by atoms with Crippen molar-refractivity contribution in [3.63, 3.8) is 0 Å². The fourth-order valence-electron chi connectivity index (χ4n) is 5.43. The summed E-state index contributed by atoms with van der Waals surface area (Å²) in [4.78, 5) is 34.3. The lowest BCUT2D eigenvalue weighted by atomic mass is 9.84. The molecule has 7 nitrogen and oxygen atoms in total. The number of anilines is 1. The van der Waals surface area contributed by atoms with Crippen molar-refractivity contribution >= 4 is 11.5 Å². The number of aryl methyl sites for hydroxylation is 1. The van der Waals surface area contributed by atoms with Gasteiger partial charge in [0, 0.05) is 50.2 Å². The van der Waals surface area contributed by atoms with Crippen molar-refractivity contribution in [1.29, 1.82) is 0 Å². The van der Waals surface area contributed by atoms with E-state index in [4.69, 9.17) is 4.98 Å². The zero-order chi connectivity index (χ0) is 20.1. The molecule has 0 amide bonds. The Bertz CT molecular complexity index is 1030. The lowest BCUT2D eigenvalue weighted by molar-refractivity contribution is 0.213. The van der Waals surface area contributed by atoms with Gasteiger partial charge in [-0.15, -0.1) is 0 Å². The van der Waals surface area contributed by atoms with E-state index < -0.39 is 0 Å². The van der Waals surface area contributed by atoms with Crippen LogP contribution in [0, 0.1) is 5.41 Å². The van der Waals surface area contributed by atoms with Gasteiger partial charge in [0.25, 0.3) is 5.56 Å². The van der Waals surface area contributed by atoms with Crippen LogP contribution in [0.5, 0.6) is 0 Å². The van der Waals surface area contributed by atoms with Crippen LogP contribution in [0.2, 0.25) is 0 Å². The van der Waals surface area contributed by atoms with Crippen LogP contribution in [0.4, 0.5) is 5.95 Å². The quantitative estimate of drug-likeness (QED) is 0.845. The van der Waals surface area contributed by atoms with E-state index in [9.17, 15) is 4.79 Å². The number of rotatable bonds is 3. The number of allylic oxidation sites excluding steroid dienone is 1. The van der Waals surface area contributed by atoms with Crippen molar-refractivity contribution in [2.45, 2.75) is 51.0 Å². The van der Waals surface area contributed by atoms with Gasteiger partial charge in [-0.3, -0.25) is 9.69 Å². The highest BCUT2D eigenvalue weighted by Gasteiger charge is 2.45. The maximum Gasteiger partial charge on any atom is 0.254 e. The monoisotopic (exact) mass is 404 g/mol. The van der Waals surface area contributed by atoms with Gasteiger partial charge in [0.2, 0.25) is 5.95 Å². The van der Waals surface area contributed by atoms with E-state index in [0.717, 1.165) is 74.9 Å². The molecule has 1 spiro atoms. The Morgan fingerprint density at radius 3 is 2.60 bits per heavy atom. The summed E-state index contributed by atoms with van der Waals surface area (Å²) in [5.41, 5.74) is 3.75. The van der Waals surface area contributed by atoms with Gasteiger partial charge in [0.05, 0.1) is 5.69 Å². The number of piperazine rings is 1. The van der Waals surface area contributed by atoms with Gasteiger partial charge in [0.15, 0.2) is 0 Å². The van der Waals surface area contributed by atoms with Gasteiger partial charge in [-0.1, -0.05) is 6.08 Å². The maximum atomic E-state index is 12.8. The molecule has 0 unspecified atom stereocenters. The van der Waals surface area contributed by atoms with Crippen LogP contribution in [0.3, 0.4) is 0 Å². The molecule has 4 aliphatic rings. The third-order valence-electron chi connectivity index (χ3n) is 7.53. The maximum absolute atomic E-state index is 12.8. The SMILES string of the molecule is O=c1[nH]c(C2=C[C@H](N3CCN(c4ncccn4)CC3)CC2)nc2c1CC1(CC2)CC1. The third-order valence-corrected chi connectivity index (χ3v) is 7.53. The van der Waals surface area contributed by atoms with Crippen LogP contribution in [-0.2, 0) is 12.8 Å². The van der Waals surface area contributed by atoms with Crippen molar-refractivity contribution in [2.75, 3.05) is 31.1 Å². The van der Waals surface area contributed by atoms with Gasteiger partial charge in [-0.2, -0.15) is 0 Å². The summed E-state index contributed by atoms with van der Waals surface area (Å²) in [7, 11) is 0. The van der Waals surface area contributed by atoms with Crippen LogP contribution in [0.1, 0.15) is 49.2 Å². The second-order valence-electron chi connectivity index (χ2n) is 9.39. The predicted octanol–water partition coefficient (Wildman–Crippen LogP) is 2.20. The first-order chi connectivity index (χ1) is 14.7. The van der Waals surface area contributed by atoms with Crippen molar-refractivity contribution in [3.05, 3.63) is 52.0 Å². The molecule has 6 rings (SSSR count). The summed E-state index contributed by atoms with van der Waals surface area (Å²) in [5.74, 6) is 1.63. The molecular formula is C23H28N6O. The second-order valence-corrected chi connectivity index (χ2v) is 9.39. The lowest BCUT2D eigenvalue weighted by Gasteiger charge is -2.37. The Kier molecular flexibility index (Phi) is 4.26. The van der Waals surface area contributed by atoms with Gasteiger partial charge < -0.3 is 9.88 Å². The van der Waals surface area contributed by atoms with Crippen LogP contribution in [0.25, 0.3) is 5.57 Å².